The Hall–Kier alpha value is -1.10. The van der Waals surface area contributed by atoms with Gasteiger partial charge in [-0.15, -0.1) is 0 Å². The van der Waals surface area contributed by atoms with Crippen LogP contribution in [-0.2, 0) is 4.79 Å². The zero-order valence-corrected chi connectivity index (χ0v) is 11.5. The standard InChI is InChI=1S/C13H26N2O3/c1-3-4-5-6-7-8-12(14-2)11-15(9-10-16)13(17)18/h10,12,14H,3-9,11H2,1-2H3,(H,17,18). The number of carboxylic acid groups (broad SMARTS) is 1. The quantitative estimate of drug-likeness (QED) is 0.440. The molecule has 0 rings (SSSR count). The van der Waals surface area contributed by atoms with Crippen LogP contribution in [0.3, 0.4) is 0 Å². The van der Waals surface area contributed by atoms with Crippen LogP contribution in [0.1, 0.15) is 45.4 Å². The zero-order chi connectivity index (χ0) is 13.8. The van der Waals surface area contributed by atoms with Crippen molar-refractivity contribution in [1.29, 1.82) is 0 Å². The SMILES string of the molecule is CCCCCCCC(CN(CC=O)C(=O)O)NC. The molecule has 5 heteroatoms. The average molecular weight is 258 g/mol. The number of unbranched alkanes of at least 4 members (excludes halogenated alkanes) is 4. The summed E-state index contributed by atoms with van der Waals surface area (Å²) in [6.07, 6.45) is 6.55. The minimum Gasteiger partial charge on any atom is -0.465 e. The molecule has 0 aliphatic rings. The molecule has 5 nitrogen and oxygen atoms in total. The highest BCUT2D eigenvalue weighted by molar-refractivity contribution is 5.69. The number of hydrogen-bond donors (Lipinski definition) is 2. The highest BCUT2D eigenvalue weighted by atomic mass is 16.4. The third-order valence-electron chi connectivity index (χ3n) is 3.07. The van der Waals surface area contributed by atoms with Crippen molar-refractivity contribution in [2.75, 3.05) is 20.1 Å². The number of hydrogen-bond acceptors (Lipinski definition) is 3. The molecule has 18 heavy (non-hydrogen) atoms. The maximum Gasteiger partial charge on any atom is 0.407 e. The number of carbonyl (C=O) groups is 2. The summed E-state index contributed by atoms with van der Waals surface area (Å²) in [6, 6.07) is 0.127. The zero-order valence-electron chi connectivity index (χ0n) is 11.5. The second-order valence-corrected chi connectivity index (χ2v) is 4.54. The van der Waals surface area contributed by atoms with Crippen molar-refractivity contribution in [3.63, 3.8) is 0 Å². The fraction of sp³-hybridized carbons (Fsp3) is 0.846. The van der Waals surface area contributed by atoms with Gasteiger partial charge in [-0.05, 0) is 13.5 Å². The molecule has 2 N–H and O–H groups in total. The lowest BCUT2D eigenvalue weighted by atomic mass is 10.1. The van der Waals surface area contributed by atoms with E-state index in [1.807, 2.05) is 7.05 Å². The van der Waals surface area contributed by atoms with E-state index in [1.54, 1.807) is 0 Å². The monoisotopic (exact) mass is 258 g/mol. The van der Waals surface area contributed by atoms with Crippen LogP contribution in [0, 0.1) is 0 Å². The van der Waals surface area contributed by atoms with E-state index in [9.17, 15) is 9.59 Å². The maximum atomic E-state index is 10.9. The van der Waals surface area contributed by atoms with Gasteiger partial charge in [0.1, 0.15) is 6.29 Å². The molecule has 0 aromatic carbocycles. The molecule has 0 aliphatic carbocycles. The topological polar surface area (TPSA) is 69.6 Å². The van der Waals surface area contributed by atoms with E-state index < -0.39 is 6.09 Å². The molecule has 0 fully saturated rings. The van der Waals surface area contributed by atoms with Crippen molar-refractivity contribution in [3.8, 4) is 0 Å². The van der Waals surface area contributed by atoms with Gasteiger partial charge < -0.3 is 15.2 Å². The van der Waals surface area contributed by atoms with Crippen LogP contribution in [0.4, 0.5) is 4.79 Å². The van der Waals surface area contributed by atoms with Crippen LogP contribution in [0.15, 0.2) is 0 Å². The van der Waals surface area contributed by atoms with E-state index in [4.69, 9.17) is 5.11 Å². The molecular formula is C13H26N2O3. The van der Waals surface area contributed by atoms with Gasteiger partial charge in [-0.3, -0.25) is 4.90 Å². The van der Waals surface area contributed by atoms with Crippen molar-refractivity contribution in [1.82, 2.24) is 10.2 Å². The number of nitrogens with zero attached hydrogens (tertiary/aromatic N) is 1. The molecule has 0 aromatic heterocycles. The van der Waals surface area contributed by atoms with Gasteiger partial charge in [0.25, 0.3) is 0 Å². The molecule has 0 spiro atoms. The van der Waals surface area contributed by atoms with E-state index in [0.717, 1.165) is 17.7 Å². The number of carbonyl (C=O) groups excluding carboxylic acids is 1. The molecule has 0 saturated carbocycles. The van der Waals surface area contributed by atoms with Crippen molar-refractivity contribution >= 4 is 12.4 Å². The summed E-state index contributed by atoms with van der Waals surface area (Å²) in [5.41, 5.74) is 0. The fourth-order valence-corrected chi connectivity index (χ4v) is 1.91. The van der Waals surface area contributed by atoms with Gasteiger partial charge in [-0.2, -0.15) is 0 Å². The molecule has 0 aromatic rings. The lowest BCUT2D eigenvalue weighted by molar-refractivity contribution is -0.108. The Morgan fingerprint density at radius 2 is 2.00 bits per heavy atom. The molecule has 0 bridgehead atoms. The number of nitrogens with one attached hydrogen (secondary N) is 1. The van der Waals surface area contributed by atoms with E-state index in [1.165, 1.54) is 25.7 Å². The predicted octanol–water partition coefficient (Wildman–Crippen LogP) is 2.11. The Bertz CT molecular complexity index is 234. The molecular weight excluding hydrogens is 232 g/mol. The molecule has 0 heterocycles. The highest BCUT2D eigenvalue weighted by Gasteiger charge is 2.16. The highest BCUT2D eigenvalue weighted by Crippen LogP contribution is 2.08. The first-order valence-corrected chi connectivity index (χ1v) is 6.74. The van der Waals surface area contributed by atoms with Gasteiger partial charge in [0.05, 0.1) is 6.54 Å². The predicted molar refractivity (Wildman–Crippen MR) is 71.9 cm³/mol. The van der Waals surface area contributed by atoms with E-state index in [2.05, 4.69) is 12.2 Å². The first kappa shape index (κ1) is 16.9. The maximum absolute atomic E-state index is 10.9. The van der Waals surface area contributed by atoms with E-state index in [0.29, 0.717) is 12.8 Å². The summed E-state index contributed by atoms with van der Waals surface area (Å²) in [6.45, 7) is 2.50. The third-order valence-corrected chi connectivity index (χ3v) is 3.07. The first-order valence-electron chi connectivity index (χ1n) is 6.74. The van der Waals surface area contributed by atoms with Crippen LogP contribution in [0.2, 0.25) is 0 Å². The van der Waals surface area contributed by atoms with E-state index in [-0.39, 0.29) is 12.6 Å². The molecule has 0 saturated heterocycles. The third kappa shape index (κ3) is 8.06. The van der Waals surface area contributed by atoms with Crippen LogP contribution in [-0.4, -0.2) is 48.6 Å². The summed E-state index contributed by atoms with van der Waals surface area (Å²) in [7, 11) is 1.83. The Kier molecular flexibility index (Phi) is 10.3. The van der Waals surface area contributed by atoms with Gasteiger partial charge in [0.2, 0.25) is 0 Å². The van der Waals surface area contributed by atoms with Crippen LogP contribution in [0.5, 0.6) is 0 Å². The second kappa shape index (κ2) is 11.0. The smallest absolute Gasteiger partial charge is 0.407 e. The minimum absolute atomic E-state index is 0.0522. The molecule has 1 amide bonds. The van der Waals surface area contributed by atoms with Gasteiger partial charge in [-0.25, -0.2) is 4.79 Å². The number of likely N-dealkylation sites (N-methyl/N-ethyl adjacent to an activating group) is 1. The Labute approximate surface area is 110 Å². The van der Waals surface area contributed by atoms with Gasteiger partial charge in [0, 0.05) is 12.6 Å². The molecule has 1 atom stereocenters. The summed E-state index contributed by atoms with van der Waals surface area (Å²) in [4.78, 5) is 22.4. The van der Waals surface area contributed by atoms with Crippen molar-refractivity contribution < 1.29 is 14.7 Å². The van der Waals surface area contributed by atoms with Crippen molar-refractivity contribution in [2.45, 2.75) is 51.5 Å². The average Bonchev–Trinajstić information content (AvgIpc) is 2.35. The molecule has 0 radical (unpaired) electrons. The number of rotatable bonds is 11. The van der Waals surface area contributed by atoms with E-state index >= 15 is 0 Å². The number of aldehydes is 1. The molecule has 0 aliphatic heterocycles. The lowest BCUT2D eigenvalue weighted by Crippen LogP contribution is -2.42. The Morgan fingerprint density at radius 1 is 1.33 bits per heavy atom. The largest absolute Gasteiger partial charge is 0.465 e. The van der Waals surface area contributed by atoms with Crippen molar-refractivity contribution in [3.05, 3.63) is 0 Å². The second-order valence-electron chi connectivity index (χ2n) is 4.54. The summed E-state index contributed by atoms with van der Waals surface area (Å²) in [5, 5.41) is 12.0. The minimum atomic E-state index is -1.03. The Morgan fingerprint density at radius 3 is 2.50 bits per heavy atom. The summed E-state index contributed by atoms with van der Waals surface area (Å²) < 4.78 is 0. The number of amides is 1. The molecule has 1 unspecified atom stereocenters. The van der Waals surface area contributed by atoms with Gasteiger partial charge >= 0.3 is 6.09 Å². The first-order chi connectivity index (χ1) is 8.65. The lowest BCUT2D eigenvalue weighted by Gasteiger charge is -2.23. The fourth-order valence-electron chi connectivity index (χ4n) is 1.91. The molecule has 106 valence electrons. The van der Waals surface area contributed by atoms with Crippen molar-refractivity contribution in [2.24, 2.45) is 0 Å². The van der Waals surface area contributed by atoms with Gasteiger partial charge in [0.15, 0.2) is 0 Å². The van der Waals surface area contributed by atoms with Crippen LogP contribution in [0.25, 0.3) is 0 Å². The normalized spacial score (nSPS) is 12.1. The van der Waals surface area contributed by atoms with Gasteiger partial charge in [-0.1, -0.05) is 39.0 Å². The van der Waals surface area contributed by atoms with Crippen LogP contribution >= 0.6 is 0 Å². The summed E-state index contributed by atoms with van der Waals surface area (Å²) in [5.74, 6) is 0. The summed E-state index contributed by atoms with van der Waals surface area (Å²) >= 11 is 0. The Balaban J connectivity index is 3.92. The van der Waals surface area contributed by atoms with Crippen LogP contribution < -0.4 is 5.32 Å².